The van der Waals surface area contributed by atoms with E-state index >= 15 is 0 Å². The first kappa shape index (κ1) is 21.4. The van der Waals surface area contributed by atoms with Gasteiger partial charge in [-0.2, -0.15) is 0 Å². The zero-order valence-electron chi connectivity index (χ0n) is 18.1. The first-order valence-corrected chi connectivity index (χ1v) is 10.7. The van der Waals surface area contributed by atoms with Gasteiger partial charge in [0.2, 0.25) is 0 Å². The molecule has 164 valence electrons. The maximum atomic E-state index is 12.8. The van der Waals surface area contributed by atoms with E-state index in [2.05, 4.69) is 39.6 Å². The third-order valence-corrected chi connectivity index (χ3v) is 5.44. The Bertz CT molecular complexity index is 1160. The van der Waals surface area contributed by atoms with Crippen molar-refractivity contribution < 1.29 is 9.53 Å². The number of amidine groups is 2. The fourth-order valence-corrected chi connectivity index (χ4v) is 3.89. The van der Waals surface area contributed by atoms with Gasteiger partial charge in [-0.15, -0.1) is 0 Å². The number of H-pyrrole nitrogens is 1. The molecule has 0 bridgehead atoms. The summed E-state index contributed by atoms with van der Waals surface area (Å²) in [6.07, 6.45) is 3.00. The Morgan fingerprint density at radius 1 is 1.16 bits per heavy atom. The summed E-state index contributed by atoms with van der Waals surface area (Å²) >= 11 is 0. The van der Waals surface area contributed by atoms with Gasteiger partial charge < -0.3 is 20.8 Å². The number of carbonyl (C=O) groups excluding carboxylic acids is 1. The van der Waals surface area contributed by atoms with E-state index in [1.165, 1.54) is 0 Å². The molecule has 0 unspecified atom stereocenters. The molecule has 1 aromatic heterocycles. The molecule has 2 aromatic carbocycles. The van der Waals surface area contributed by atoms with Crippen LogP contribution in [0.2, 0.25) is 0 Å². The summed E-state index contributed by atoms with van der Waals surface area (Å²) in [5.41, 5.74) is 11.7. The molecule has 0 radical (unpaired) electrons. The third kappa shape index (κ3) is 4.72. The molecular formula is C25H27N5O2. The van der Waals surface area contributed by atoms with Crippen LogP contribution in [0.3, 0.4) is 0 Å². The molecule has 7 nitrogen and oxygen atoms in total. The van der Waals surface area contributed by atoms with Crippen LogP contribution in [0, 0.1) is 5.41 Å². The van der Waals surface area contributed by atoms with Gasteiger partial charge in [-0.3, -0.25) is 10.4 Å². The highest BCUT2D eigenvalue weighted by Crippen LogP contribution is 2.23. The number of nitrogens with two attached hydrogens (primary N) is 1. The van der Waals surface area contributed by atoms with Crippen LogP contribution in [-0.4, -0.2) is 42.3 Å². The van der Waals surface area contributed by atoms with E-state index in [9.17, 15) is 4.79 Å². The molecule has 0 fully saturated rings. The average molecular weight is 430 g/mol. The number of rotatable bonds is 8. The molecule has 5 N–H and O–H groups in total. The molecule has 0 spiro atoms. The van der Waals surface area contributed by atoms with Gasteiger partial charge in [-0.25, -0.2) is 4.79 Å². The highest BCUT2D eigenvalue weighted by atomic mass is 16.5. The van der Waals surface area contributed by atoms with Crippen LogP contribution >= 0.6 is 0 Å². The van der Waals surface area contributed by atoms with Crippen LogP contribution in [0.5, 0.6) is 0 Å². The number of aromatic amines is 1. The van der Waals surface area contributed by atoms with Crippen molar-refractivity contribution in [3.05, 3.63) is 93.8 Å². The minimum atomic E-state index is -0.331. The van der Waals surface area contributed by atoms with Crippen molar-refractivity contribution in [2.45, 2.75) is 19.8 Å². The molecule has 4 rings (SSSR count). The highest BCUT2D eigenvalue weighted by molar-refractivity contribution is 5.99. The van der Waals surface area contributed by atoms with Crippen molar-refractivity contribution in [2.75, 3.05) is 19.7 Å². The van der Waals surface area contributed by atoms with Gasteiger partial charge in [-0.05, 0) is 36.1 Å². The van der Waals surface area contributed by atoms with Crippen molar-refractivity contribution in [2.24, 2.45) is 10.7 Å². The fourth-order valence-electron chi connectivity index (χ4n) is 3.89. The van der Waals surface area contributed by atoms with Gasteiger partial charge in [0.1, 0.15) is 11.7 Å². The standard InChI is InChI=1S/C25H27N5O2/c1-2-32-25(31)22-20(12-16-6-8-18(9-7-16)24-28-10-11-29-24)15-30-21(22)14-17-4-3-5-19(13-17)23(26)27/h3-9,13,15,30H,2,10-12,14H2,1H3,(H3,26,27)(H,28,29). The van der Waals surface area contributed by atoms with Crippen LogP contribution in [0.1, 0.15) is 50.8 Å². The van der Waals surface area contributed by atoms with Crippen molar-refractivity contribution in [1.29, 1.82) is 5.41 Å². The number of hydrogen-bond acceptors (Lipinski definition) is 5. The maximum Gasteiger partial charge on any atom is 0.340 e. The number of aromatic nitrogens is 1. The average Bonchev–Trinajstić information content (AvgIpc) is 3.45. The molecule has 1 aliphatic heterocycles. The molecule has 1 aliphatic rings. The monoisotopic (exact) mass is 429 g/mol. The van der Waals surface area contributed by atoms with Crippen LogP contribution in [0.25, 0.3) is 0 Å². The first-order chi connectivity index (χ1) is 15.5. The molecule has 0 saturated heterocycles. The van der Waals surface area contributed by atoms with E-state index in [4.69, 9.17) is 15.9 Å². The number of esters is 1. The van der Waals surface area contributed by atoms with Crippen LogP contribution in [0.4, 0.5) is 0 Å². The number of nitrogen functional groups attached to an aromatic ring is 1. The molecule has 2 heterocycles. The topological polar surface area (TPSA) is 116 Å². The van der Waals surface area contributed by atoms with Crippen molar-refractivity contribution in [3.63, 3.8) is 0 Å². The van der Waals surface area contributed by atoms with Gasteiger partial charge in [0, 0.05) is 36.0 Å². The lowest BCUT2D eigenvalue weighted by Crippen LogP contribution is -2.19. The number of ether oxygens (including phenoxy) is 1. The van der Waals surface area contributed by atoms with Gasteiger partial charge in [0.05, 0.1) is 18.7 Å². The number of carbonyl (C=O) groups is 1. The fraction of sp³-hybridized carbons (Fsp3) is 0.240. The van der Waals surface area contributed by atoms with E-state index in [0.717, 1.165) is 46.9 Å². The molecule has 0 atom stereocenters. The quantitative estimate of drug-likeness (QED) is 0.250. The Balaban J connectivity index is 1.59. The van der Waals surface area contributed by atoms with Gasteiger partial charge >= 0.3 is 5.97 Å². The van der Waals surface area contributed by atoms with Crippen molar-refractivity contribution in [1.82, 2.24) is 10.3 Å². The summed E-state index contributed by atoms with van der Waals surface area (Å²) in [7, 11) is 0. The Hall–Kier alpha value is -3.87. The minimum absolute atomic E-state index is 0.0202. The normalized spacial score (nSPS) is 12.8. The zero-order chi connectivity index (χ0) is 22.5. The van der Waals surface area contributed by atoms with E-state index in [1.54, 1.807) is 13.0 Å². The van der Waals surface area contributed by atoms with Gasteiger partial charge in [0.15, 0.2) is 0 Å². The lowest BCUT2D eigenvalue weighted by Gasteiger charge is -2.09. The van der Waals surface area contributed by atoms with Gasteiger partial charge in [-0.1, -0.05) is 42.5 Å². The van der Waals surface area contributed by atoms with Crippen LogP contribution in [0.15, 0.2) is 59.7 Å². The SMILES string of the molecule is CCOC(=O)c1c(Cc2ccc(C3=NCCN3)cc2)c[nH]c1Cc1cccc(C(=N)N)c1. The van der Waals surface area contributed by atoms with Gasteiger partial charge in [0.25, 0.3) is 0 Å². The van der Waals surface area contributed by atoms with E-state index in [0.29, 0.717) is 30.6 Å². The zero-order valence-corrected chi connectivity index (χ0v) is 18.1. The second kappa shape index (κ2) is 9.51. The predicted molar refractivity (Wildman–Crippen MR) is 126 cm³/mol. The number of nitrogens with zero attached hydrogens (tertiary/aromatic N) is 1. The van der Waals surface area contributed by atoms with Crippen molar-refractivity contribution in [3.8, 4) is 0 Å². The number of hydrogen-bond donors (Lipinski definition) is 4. The van der Waals surface area contributed by atoms with Crippen LogP contribution < -0.4 is 11.1 Å². The Morgan fingerprint density at radius 2 is 1.97 bits per heavy atom. The second-order valence-electron chi connectivity index (χ2n) is 7.71. The Morgan fingerprint density at radius 3 is 2.66 bits per heavy atom. The van der Waals surface area contributed by atoms with E-state index in [-0.39, 0.29) is 11.8 Å². The molecule has 0 saturated carbocycles. The summed E-state index contributed by atoms with van der Waals surface area (Å²) < 4.78 is 5.35. The molecule has 3 aromatic rings. The lowest BCUT2D eigenvalue weighted by molar-refractivity contribution is 0.0524. The Labute approximate surface area is 187 Å². The second-order valence-corrected chi connectivity index (χ2v) is 7.71. The molecule has 32 heavy (non-hydrogen) atoms. The third-order valence-electron chi connectivity index (χ3n) is 5.44. The first-order valence-electron chi connectivity index (χ1n) is 10.7. The number of nitrogens with one attached hydrogen (secondary N) is 3. The lowest BCUT2D eigenvalue weighted by atomic mass is 9.98. The minimum Gasteiger partial charge on any atom is -0.462 e. The largest absolute Gasteiger partial charge is 0.462 e. The van der Waals surface area contributed by atoms with E-state index < -0.39 is 0 Å². The smallest absolute Gasteiger partial charge is 0.340 e. The maximum absolute atomic E-state index is 12.8. The molecule has 7 heteroatoms. The van der Waals surface area contributed by atoms with Crippen LogP contribution in [-0.2, 0) is 17.6 Å². The summed E-state index contributed by atoms with van der Waals surface area (Å²) in [4.78, 5) is 20.5. The summed E-state index contributed by atoms with van der Waals surface area (Å²) in [5.74, 6) is 0.620. The summed E-state index contributed by atoms with van der Waals surface area (Å²) in [6, 6.07) is 15.7. The highest BCUT2D eigenvalue weighted by Gasteiger charge is 2.20. The number of benzene rings is 2. The Kier molecular flexibility index (Phi) is 6.35. The molecular weight excluding hydrogens is 402 g/mol. The molecule has 0 amide bonds. The van der Waals surface area contributed by atoms with Crippen molar-refractivity contribution >= 4 is 17.6 Å². The summed E-state index contributed by atoms with van der Waals surface area (Å²) in [5, 5.41) is 10.9. The number of aliphatic imine (C=N–C) groups is 1. The summed E-state index contributed by atoms with van der Waals surface area (Å²) in [6.45, 7) is 3.80. The van der Waals surface area contributed by atoms with E-state index in [1.807, 2.05) is 24.4 Å². The molecule has 0 aliphatic carbocycles. The predicted octanol–water partition coefficient (Wildman–Crippen LogP) is 3.01.